The van der Waals surface area contributed by atoms with Gasteiger partial charge in [-0.3, -0.25) is 9.59 Å². The molecule has 11 heteroatoms. The number of aromatic nitrogens is 1. The van der Waals surface area contributed by atoms with Gasteiger partial charge in [0.25, 0.3) is 0 Å². The molecule has 0 radical (unpaired) electrons. The molecule has 5 atom stereocenters. The first-order valence-corrected chi connectivity index (χ1v) is 16.2. The smallest absolute Gasteiger partial charge is 0.360 e. The molecule has 248 valence electrons. The van der Waals surface area contributed by atoms with Crippen LogP contribution in [0.1, 0.15) is 72.6 Å². The first-order valence-electron chi connectivity index (χ1n) is 16.2. The Hall–Kier alpha value is -5.16. The average molecular weight is 651 g/mol. The average Bonchev–Trinajstić information content (AvgIpc) is 3.75. The van der Waals surface area contributed by atoms with Crippen molar-refractivity contribution in [2.24, 2.45) is 11.8 Å². The number of hydrogen-bond donors (Lipinski definition) is 4. The number of amides is 2. The minimum absolute atomic E-state index is 0.0248. The second-order valence-electron chi connectivity index (χ2n) is 13.3. The van der Waals surface area contributed by atoms with Gasteiger partial charge in [0.1, 0.15) is 29.4 Å². The molecule has 0 aliphatic carbocycles. The lowest BCUT2D eigenvalue weighted by Crippen LogP contribution is -2.52. The minimum atomic E-state index is -1.30. The molecule has 1 unspecified atom stereocenters. The number of carbonyl (C=O) groups is 3. The van der Waals surface area contributed by atoms with Crippen LogP contribution in [-0.2, 0) is 26.2 Å². The number of nitrogens with zero attached hydrogens (tertiary/aromatic N) is 1. The summed E-state index contributed by atoms with van der Waals surface area (Å²) in [6, 6.07) is 19.8. The molecule has 0 fully saturated rings. The number of aliphatic hydroxyl groups excluding tert-OH is 1. The number of aliphatic hydroxyl groups is 1. The van der Waals surface area contributed by atoms with Crippen LogP contribution in [0.5, 0.6) is 5.75 Å². The number of anilines is 1. The quantitative estimate of drug-likeness (QED) is 0.222. The molecule has 2 amide bonds. The van der Waals surface area contributed by atoms with Crippen LogP contribution in [0.4, 0.5) is 5.69 Å². The highest BCUT2D eigenvalue weighted by Gasteiger charge is 2.61. The third-order valence-electron chi connectivity index (χ3n) is 9.54. The maximum absolute atomic E-state index is 13.9. The number of carbonyl (C=O) groups excluding carboxylic acids is 3. The standard InChI is InChI=1S/C37H38N4O7/c1-18(2)27-34-40-29(35(45)46-5)31(48-34)37-23-13-9-12-22(21-10-7-6-8-11-21)28(23)41-36(37)47-26-15-14-20(16-24(26)37)17-25(32(43)39-27)38-33(44)30(42)19(3)4/h6-16,18-19,25,27,30,36,41-42H,17H2,1-5H3,(H,38,44)(H,39,43)/t25-,27-,30-,36-,37?/m0/s1. The third kappa shape index (κ3) is 4.83. The van der Waals surface area contributed by atoms with Crippen LogP contribution in [0, 0.1) is 11.8 Å². The van der Waals surface area contributed by atoms with Crippen molar-refractivity contribution >= 4 is 23.5 Å². The van der Waals surface area contributed by atoms with Gasteiger partial charge in [-0.25, -0.2) is 9.78 Å². The molecule has 7 rings (SSSR count). The molecule has 4 aromatic rings. The number of fused-ring (bicyclic) bond motifs is 4. The molecular formula is C37H38N4O7. The van der Waals surface area contributed by atoms with Crippen molar-refractivity contribution in [3.8, 4) is 16.9 Å². The molecule has 3 aliphatic rings. The number of ether oxygens (including phenoxy) is 2. The maximum Gasteiger partial charge on any atom is 0.360 e. The van der Waals surface area contributed by atoms with Gasteiger partial charge in [0.05, 0.1) is 7.11 Å². The van der Waals surface area contributed by atoms with E-state index >= 15 is 0 Å². The SMILES string of the molecule is COC(=O)c1nc2oc1C13c4cc(ccc4O[C@@H]1Nc1c(-c4ccccc4)cccc13)C[C@H](NC(=O)[C@@H](O)C(C)C)C(=O)N[C@H]2C(C)C. The summed E-state index contributed by atoms with van der Waals surface area (Å²) in [5.41, 5.74) is 3.82. The molecule has 11 nitrogen and oxygen atoms in total. The molecule has 1 spiro atoms. The first kappa shape index (κ1) is 31.4. The van der Waals surface area contributed by atoms with Crippen molar-refractivity contribution in [3.05, 3.63) is 101 Å². The van der Waals surface area contributed by atoms with Crippen LogP contribution in [0.25, 0.3) is 11.1 Å². The van der Waals surface area contributed by atoms with Crippen molar-refractivity contribution in [2.45, 2.75) is 63.9 Å². The molecule has 48 heavy (non-hydrogen) atoms. The summed E-state index contributed by atoms with van der Waals surface area (Å²) < 4.78 is 18.6. The summed E-state index contributed by atoms with van der Waals surface area (Å²) in [7, 11) is 1.29. The summed E-state index contributed by atoms with van der Waals surface area (Å²) >= 11 is 0. The Morgan fingerprint density at radius 2 is 1.79 bits per heavy atom. The molecule has 1 aromatic heterocycles. The van der Waals surface area contributed by atoms with E-state index in [1.54, 1.807) is 13.8 Å². The molecule has 0 saturated heterocycles. The van der Waals surface area contributed by atoms with Gasteiger partial charge in [-0.1, -0.05) is 88.4 Å². The number of para-hydroxylation sites is 1. The Morgan fingerprint density at radius 3 is 2.50 bits per heavy atom. The highest BCUT2D eigenvalue weighted by molar-refractivity contribution is 5.93. The molecule has 0 saturated carbocycles. The Bertz CT molecular complexity index is 1920. The Balaban J connectivity index is 1.49. The van der Waals surface area contributed by atoms with E-state index in [2.05, 4.69) is 16.0 Å². The fraction of sp³-hybridized carbons (Fsp3) is 0.351. The van der Waals surface area contributed by atoms with Gasteiger partial charge in [-0.05, 0) is 29.0 Å². The number of nitrogens with one attached hydrogen (secondary N) is 3. The van der Waals surface area contributed by atoms with Gasteiger partial charge in [-0.2, -0.15) is 0 Å². The van der Waals surface area contributed by atoms with Crippen LogP contribution < -0.4 is 20.7 Å². The topological polar surface area (TPSA) is 152 Å². The van der Waals surface area contributed by atoms with Crippen molar-refractivity contribution in [2.75, 3.05) is 12.4 Å². The predicted molar refractivity (Wildman–Crippen MR) is 176 cm³/mol. The number of methoxy groups -OCH3 is 1. The molecule has 3 aromatic carbocycles. The van der Waals surface area contributed by atoms with E-state index in [1.165, 1.54) is 7.11 Å². The Labute approximate surface area is 278 Å². The third-order valence-corrected chi connectivity index (χ3v) is 9.54. The Morgan fingerprint density at radius 1 is 1.02 bits per heavy atom. The van der Waals surface area contributed by atoms with E-state index < -0.39 is 47.6 Å². The molecular weight excluding hydrogens is 612 g/mol. The van der Waals surface area contributed by atoms with E-state index in [1.807, 2.05) is 80.6 Å². The lowest BCUT2D eigenvalue weighted by Gasteiger charge is -2.29. The second-order valence-corrected chi connectivity index (χ2v) is 13.3. The van der Waals surface area contributed by atoms with Crippen LogP contribution >= 0.6 is 0 Å². The lowest BCUT2D eigenvalue weighted by atomic mass is 9.72. The monoisotopic (exact) mass is 650 g/mol. The number of benzene rings is 3. The van der Waals surface area contributed by atoms with Gasteiger partial charge in [0, 0.05) is 28.8 Å². The van der Waals surface area contributed by atoms with E-state index in [-0.39, 0.29) is 35.6 Å². The van der Waals surface area contributed by atoms with E-state index in [4.69, 9.17) is 18.9 Å². The molecule has 4 heterocycles. The van der Waals surface area contributed by atoms with E-state index in [9.17, 15) is 19.5 Å². The van der Waals surface area contributed by atoms with Crippen molar-refractivity contribution < 1.29 is 33.4 Å². The first-order chi connectivity index (χ1) is 23.0. The number of oxazole rings is 1. The zero-order chi connectivity index (χ0) is 33.9. The predicted octanol–water partition coefficient (Wildman–Crippen LogP) is 4.48. The van der Waals surface area contributed by atoms with Crippen LogP contribution in [0.15, 0.2) is 71.1 Å². The van der Waals surface area contributed by atoms with Gasteiger partial charge >= 0.3 is 5.97 Å². The molecule has 3 aliphatic heterocycles. The van der Waals surface area contributed by atoms with Crippen LogP contribution in [0.3, 0.4) is 0 Å². The second kappa shape index (κ2) is 11.8. The number of hydrogen-bond acceptors (Lipinski definition) is 9. The normalized spacial score (nSPS) is 22.8. The fourth-order valence-corrected chi connectivity index (χ4v) is 7.03. The summed E-state index contributed by atoms with van der Waals surface area (Å²) in [5.74, 6) is -1.48. The zero-order valence-electron chi connectivity index (χ0n) is 27.4. The molecule has 4 N–H and O–H groups in total. The molecule has 4 bridgehead atoms. The summed E-state index contributed by atoms with van der Waals surface area (Å²) in [5, 5.41) is 19.9. The zero-order valence-corrected chi connectivity index (χ0v) is 27.4. The number of rotatable bonds is 6. The summed E-state index contributed by atoms with van der Waals surface area (Å²) in [4.78, 5) is 45.2. The number of esters is 1. The van der Waals surface area contributed by atoms with Gasteiger partial charge in [0.15, 0.2) is 17.7 Å². The van der Waals surface area contributed by atoms with Crippen LogP contribution in [-0.4, -0.2) is 53.4 Å². The Kier molecular flexibility index (Phi) is 7.74. The van der Waals surface area contributed by atoms with Crippen molar-refractivity contribution in [3.63, 3.8) is 0 Å². The van der Waals surface area contributed by atoms with Crippen molar-refractivity contribution in [1.82, 2.24) is 15.6 Å². The van der Waals surface area contributed by atoms with Crippen molar-refractivity contribution in [1.29, 1.82) is 0 Å². The van der Waals surface area contributed by atoms with E-state index in [0.717, 1.165) is 27.9 Å². The van der Waals surface area contributed by atoms with Gasteiger partial charge < -0.3 is 34.9 Å². The van der Waals surface area contributed by atoms with Gasteiger partial charge in [-0.15, -0.1) is 0 Å². The van der Waals surface area contributed by atoms with E-state index in [0.29, 0.717) is 11.3 Å². The lowest BCUT2D eigenvalue weighted by molar-refractivity contribution is -0.135. The maximum atomic E-state index is 13.9. The minimum Gasteiger partial charge on any atom is -0.469 e. The highest BCUT2D eigenvalue weighted by Crippen LogP contribution is 2.60. The van der Waals surface area contributed by atoms with Crippen LogP contribution in [0.2, 0.25) is 0 Å². The highest BCUT2D eigenvalue weighted by atomic mass is 16.5. The fourth-order valence-electron chi connectivity index (χ4n) is 7.03. The largest absolute Gasteiger partial charge is 0.469 e. The van der Waals surface area contributed by atoms with Gasteiger partial charge in [0.2, 0.25) is 17.7 Å². The summed E-state index contributed by atoms with van der Waals surface area (Å²) in [6.45, 7) is 7.25. The summed E-state index contributed by atoms with van der Waals surface area (Å²) in [6.07, 6.45) is -1.89.